The molecule has 16 heavy (non-hydrogen) atoms. The van der Waals surface area contributed by atoms with Gasteiger partial charge in [-0.2, -0.15) is 10.4 Å². The lowest BCUT2D eigenvalue weighted by Crippen LogP contribution is -2.00. The summed E-state index contributed by atoms with van der Waals surface area (Å²) >= 11 is 0. The van der Waals surface area contributed by atoms with Crippen molar-refractivity contribution in [2.45, 2.75) is 6.54 Å². The Kier molecular flexibility index (Phi) is 2.88. The molecule has 0 amide bonds. The van der Waals surface area contributed by atoms with E-state index in [0.29, 0.717) is 17.9 Å². The van der Waals surface area contributed by atoms with E-state index in [9.17, 15) is 0 Å². The Balaban J connectivity index is 2.27. The summed E-state index contributed by atoms with van der Waals surface area (Å²) in [7, 11) is 1.56. The van der Waals surface area contributed by atoms with Crippen LogP contribution in [0.15, 0.2) is 36.7 Å². The van der Waals surface area contributed by atoms with Gasteiger partial charge in [-0.25, -0.2) is 0 Å². The molecular formula is C12H11N3O. The SMILES string of the molecule is COc1ccc(Cn2cccn2)cc1C#N. The van der Waals surface area contributed by atoms with Crippen molar-refractivity contribution in [1.82, 2.24) is 9.78 Å². The lowest BCUT2D eigenvalue weighted by molar-refractivity contribution is 0.413. The highest BCUT2D eigenvalue weighted by molar-refractivity contribution is 5.45. The van der Waals surface area contributed by atoms with E-state index >= 15 is 0 Å². The summed E-state index contributed by atoms with van der Waals surface area (Å²) in [6.45, 7) is 0.658. The molecule has 0 bridgehead atoms. The summed E-state index contributed by atoms with van der Waals surface area (Å²) in [5.41, 5.74) is 1.58. The lowest BCUT2D eigenvalue weighted by atomic mass is 10.1. The van der Waals surface area contributed by atoms with Crippen LogP contribution in [-0.2, 0) is 6.54 Å². The smallest absolute Gasteiger partial charge is 0.136 e. The molecule has 0 aliphatic heterocycles. The summed E-state index contributed by atoms with van der Waals surface area (Å²) in [5.74, 6) is 0.603. The normalized spacial score (nSPS) is 9.75. The van der Waals surface area contributed by atoms with E-state index in [0.717, 1.165) is 5.56 Å². The third-order valence-electron chi connectivity index (χ3n) is 2.29. The van der Waals surface area contributed by atoms with E-state index in [-0.39, 0.29) is 0 Å². The Morgan fingerprint density at radius 3 is 3.00 bits per heavy atom. The Morgan fingerprint density at radius 1 is 1.50 bits per heavy atom. The van der Waals surface area contributed by atoms with Crippen molar-refractivity contribution in [3.05, 3.63) is 47.8 Å². The molecule has 0 spiro atoms. The van der Waals surface area contributed by atoms with Crippen molar-refractivity contribution in [2.75, 3.05) is 7.11 Å². The molecule has 0 atom stereocenters. The van der Waals surface area contributed by atoms with E-state index in [1.54, 1.807) is 19.4 Å². The summed E-state index contributed by atoms with van der Waals surface area (Å²) in [5, 5.41) is 13.1. The highest BCUT2D eigenvalue weighted by atomic mass is 16.5. The summed E-state index contributed by atoms with van der Waals surface area (Å²) < 4.78 is 6.89. The van der Waals surface area contributed by atoms with Gasteiger partial charge >= 0.3 is 0 Å². The molecular weight excluding hydrogens is 202 g/mol. The van der Waals surface area contributed by atoms with Gasteiger partial charge in [0.15, 0.2) is 0 Å². The second-order valence-corrected chi connectivity index (χ2v) is 3.35. The van der Waals surface area contributed by atoms with E-state index in [4.69, 9.17) is 10.00 Å². The topological polar surface area (TPSA) is 50.8 Å². The van der Waals surface area contributed by atoms with Crippen LogP contribution in [0, 0.1) is 11.3 Å². The fourth-order valence-corrected chi connectivity index (χ4v) is 1.52. The number of hydrogen-bond donors (Lipinski definition) is 0. The van der Waals surface area contributed by atoms with Gasteiger partial charge in [0.25, 0.3) is 0 Å². The van der Waals surface area contributed by atoms with Crippen molar-refractivity contribution in [2.24, 2.45) is 0 Å². The monoisotopic (exact) mass is 213 g/mol. The van der Waals surface area contributed by atoms with Crippen LogP contribution in [0.4, 0.5) is 0 Å². The van der Waals surface area contributed by atoms with Crippen LogP contribution in [0.5, 0.6) is 5.75 Å². The van der Waals surface area contributed by atoms with Gasteiger partial charge in [-0.3, -0.25) is 4.68 Å². The molecule has 0 aliphatic rings. The zero-order chi connectivity index (χ0) is 11.4. The molecule has 2 aromatic rings. The maximum absolute atomic E-state index is 8.95. The molecule has 4 nitrogen and oxygen atoms in total. The first-order valence-corrected chi connectivity index (χ1v) is 4.88. The predicted molar refractivity (Wildman–Crippen MR) is 59.0 cm³/mol. The molecule has 0 aliphatic carbocycles. The molecule has 0 fully saturated rings. The maximum Gasteiger partial charge on any atom is 0.136 e. The van der Waals surface area contributed by atoms with Crippen LogP contribution in [0.25, 0.3) is 0 Å². The van der Waals surface area contributed by atoms with Gasteiger partial charge in [0.1, 0.15) is 11.8 Å². The van der Waals surface area contributed by atoms with Gasteiger partial charge in [0.2, 0.25) is 0 Å². The van der Waals surface area contributed by atoms with Crippen molar-refractivity contribution >= 4 is 0 Å². The van der Waals surface area contributed by atoms with E-state index < -0.39 is 0 Å². The van der Waals surface area contributed by atoms with Gasteiger partial charge in [-0.15, -0.1) is 0 Å². The third kappa shape index (κ3) is 2.04. The van der Waals surface area contributed by atoms with Gasteiger partial charge in [0.05, 0.1) is 19.2 Å². The highest BCUT2D eigenvalue weighted by Crippen LogP contribution is 2.19. The number of methoxy groups -OCH3 is 1. The molecule has 1 aromatic heterocycles. The predicted octanol–water partition coefficient (Wildman–Crippen LogP) is 1.81. The lowest BCUT2D eigenvalue weighted by Gasteiger charge is -2.06. The Bertz CT molecular complexity index is 512. The first-order valence-electron chi connectivity index (χ1n) is 4.88. The number of ether oxygens (including phenoxy) is 1. The minimum Gasteiger partial charge on any atom is -0.495 e. The summed E-state index contributed by atoms with van der Waals surface area (Å²) in [6, 6.07) is 9.54. The second-order valence-electron chi connectivity index (χ2n) is 3.35. The number of aromatic nitrogens is 2. The first kappa shape index (κ1) is 10.2. The van der Waals surface area contributed by atoms with Crippen molar-refractivity contribution in [3.63, 3.8) is 0 Å². The highest BCUT2D eigenvalue weighted by Gasteiger charge is 2.03. The van der Waals surface area contributed by atoms with E-state index in [1.807, 2.05) is 29.1 Å². The van der Waals surface area contributed by atoms with Crippen LogP contribution >= 0.6 is 0 Å². The van der Waals surface area contributed by atoms with Crippen molar-refractivity contribution in [1.29, 1.82) is 5.26 Å². The molecule has 0 saturated carbocycles. The molecule has 0 saturated heterocycles. The number of hydrogen-bond acceptors (Lipinski definition) is 3. The Hall–Kier alpha value is -2.28. The average Bonchev–Trinajstić information content (AvgIpc) is 2.81. The standard InChI is InChI=1S/C12H11N3O/c1-16-12-4-3-10(7-11(12)8-13)9-15-6-2-5-14-15/h2-7H,9H2,1H3. The minimum absolute atomic E-state index is 0.548. The Labute approximate surface area is 93.7 Å². The van der Waals surface area contributed by atoms with Crippen LogP contribution < -0.4 is 4.74 Å². The molecule has 4 heteroatoms. The zero-order valence-corrected chi connectivity index (χ0v) is 8.92. The summed E-state index contributed by atoms with van der Waals surface area (Å²) in [6.07, 6.45) is 3.62. The number of benzene rings is 1. The fraction of sp³-hybridized carbons (Fsp3) is 0.167. The number of rotatable bonds is 3. The van der Waals surface area contributed by atoms with Crippen LogP contribution in [0.1, 0.15) is 11.1 Å². The quantitative estimate of drug-likeness (QED) is 0.781. The molecule has 2 rings (SSSR count). The number of nitrogens with zero attached hydrogens (tertiary/aromatic N) is 3. The largest absolute Gasteiger partial charge is 0.495 e. The summed E-state index contributed by atoms with van der Waals surface area (Å²) in [4.78, 5) is 0. The van der Waals surface area contributed by atoms with Gasteiger partial charge in [0, 0.05) is 12.4 Å². The van der Waals surface area contributed by atoms with Crippen LogP contribution in [0.2, 0.25) is 0 Å². The Morgan fingerprint density at radius 2 is 2.38 bits per heavy atom. The second kappa shape index (κ2) is 4.49. The molecule has 1 heterocycles. The molecule has 0 N–H and O–H groups in total. The fourth-order valence-electron chi connectivity index (χ4n) is 1.52. The molecule has 1 aromatic carbocycles. The zero-order valence-electron chi connectivity index (χ0n) is 8.92. The minimum atomic E-state index is 0.548. The number of nitriles is 1. The first-order chi connectivity index (χ1) is 7.83. The van der Waals surface area contributed by atoms with E-state index in [1.165, 1.54) is 0 Å². The van der Waals surface area contributed by atoms with Crippen molar-refractivity contribution < 1.29 is 4.74 Å². The van der Waals surface area contributed by atoms with Crippen LogP contribution in [-0.4, -0.2) is 16.9 Å². The molecule has 0 radical (unpaired) electrons. The van der Waals surface area contributed by atoms with E-state index in [2.05, 4.69) is 11.2 Å². The molecule has 80 valence electrons. The van der Waals surface area contributed by atoms with Crippen LogP contribution in [0.3, 0.4) is 0 Å². The maximum atomic E-state index is 8.95. The average molecular weight is 213 g/mol. The van der Waals surface area contributed by atoms with Gasteiger partial charge in [-0.1, -0.05) is 6.07 Å². The van der Waals surface area contributed by atoms with Gasteiger partial charge < -0.3 is 4.74 Å². The van der Waals surface area contributed by atoms with Crippen molar-refractivity contribution in [3.8, 4) is 11.8 Å². The third-order valence-corrected chi connectivity index (χ3v) is 2.29. The molecule has 0 unspecified atom stereocenters. The van der Waals surface area contributed by atoms with Gasteiger partial charge in [-0.05, 0) is 23.8 Å².